The molecule has 1 atom stereocenters. The number of nitrogens with one attached hydrogen (secondary N) is 3. The summed E-state index contributed by atoms with van der Waals surface area (Å²) in [6, 6.07) is 23.5. The van der Waals surface area contributed by atoms with Crippen LogP contribution >= 0.6 is 0 Å². The number of amides is 5. The smallest absolute Gasteiger partial charge is 0.344 e. The Morgan fingerprint density at radius 3 is 2.23 bits per heavy atom. The van der Waals surface area contributed by atoms with E-state index in [1.807, 2.05) is 12.1 Å². The molecule has 1 aliphatic heterocycles. The van der Waals surface area contributed by atoms with Gasteiger partial charge in [-0.2, -0.15) is 5.01 Å². The van der Waals surface area contributed by atoms with Gasteiger partial charge < -0.3 is 15.4 Å². The molecule has 0 radical (unpaired) electrons. The molecule has 5 amide bonds. The van der Waals surface area contributed by atoms with Crippen molar-refractivity contribution in [3.8, 4) is 5.75 Å². The maximum atomic E-state index is 13.1. The predicted molar refractivity (Wildman–Crippen MR) is 128 cm³/mol. The number of nitrogens with zero attached hydrogens (tertiary/aromatic N) is 1. The van der Waals surface area contributed by atoms with E-state index in [0.29, 0.717) is 22.7 Å². The molecule has 1 fully saturated rings. The van der Waals surface area contributed by atoms with E-state index in [9.17, 15) is 19.2 Å². The Bertz CT molecular complexity index is 1250. The van der Waals surface area contributed by atoms with Crippen LogP contribution < -0.4 is 20.8 Å². The van der Waals surface area contributed by atoms with Crippen LogP contribution in [-0.4, -0.2) is 35.4 Å². The molecule has 1 saturated heterocycles. The van der Waals surface area contributed by atoms with Gasteiger partial charge in [0, 0.05) is 5.69 Å². The van der Waals surface area contributed by atoms with E-state index in [4.69, 9.17) is 4.74 Å². The molecule has 35 heavy (non-hydrogen) atoms. The van der Waals surface area contributed by atoms with Crippen LogP contribution in [0.25, 0.3) is 0 Å². The van der Waals surface area contributed by atoms with Crippen LogP contribution in [0, 0.1) is 0 Å². The van der Waals surface area contributed by atoms with E-state index in [0.717, 1.165) is 0 Å². The first-order chi connectivity index (χ1) is 16.9. The Labute approximate surface area is 202 Å². The molecule has 9 heteroatoms. The number of rotatable bonds is 8. The van der Waals surface area contributed by atoms with Crippen molar-refractivity contribution < 1.29 is 23.9 Å². The number of urea groups is 1. The molecule has 1 heterocycles. The van der Waals surface area contributed by atoms with Crippen molar-refractivity contribution >= 4 is 29.4 Å². The van der Waals surface area contributed by atoms with Gasteiger partial charge >= 0.3 is 6.03 Å². The quantitative estimate of drug-likeness (QED) is 0.436. The lowest BCUT2D eigenvalue weighted by molar-refractivity contribution is -0.140. The summed E-state index contributed by atoms with van der Waals surface area (Å²) in [4.78, 5) is 50.9. The molecule has 178 valence electrons. The Kier molecular flexibility index (Phi) is 6.77. The van der Waals surface area contributed by atoms with Crippen LogP contribution in [0.1, 0.15) is 29.3 Å². The van der Waals surface area contributed by atoms with Gasteiger partial charge in [0.1, 0.15) is 11.3 Å². The third-order valence-electron chi connectivity index (χ3n) is 5.65. The fourth-order valence-electron chi connectivity index (χ4n) is 3.84. The molecular weight excluding hydrogens is 448 g/mol. The number of hydrogen-bond donors (Lipinski definition) is 3. The number of hydrogen-bond acceptors (Lipinski definition) is 5. The highest BCUT2D eigenvalue weighted by molar-refractivity contribution is 6.08. The van der Waals surface area contributed by atoms with Gasteiger partial charge in [-0.05, 0) is 36.2 Å². The summed E-state index contributed by atoms with van der Waals surface area (Å²) in [5.74, 6) is -1.55. The highest BCUT2D eigenvalue weighted by Crippen LogP contribution is 2.31. The Morgan fingerprint density at radius 2 is 1.54 bits per heavy atom. The van der Waals surface area contributed by atoms with Gasteiger partial charge in [-0.15, -0.1) is 0 Å². The molecule has 0 saturated carbocycles. The number of ether oxygens (including phenoxy) is 1. The second-order valence-electron chi connectivity index (χ2n) is 7.84. The number of benzene rings is 3. The standard InChI is InChI=1S/C26H24N4O5/c1-2-26(18-11-5-3-6-12-18)24(33)30(25(34)28-26)29-22(31)17-35-21-16-10-9-15-20(21)23(32)27-19-13-7-4-8-14-19/h3-16H,2,17H2,1H3,(H,27,32)(H,28,34)(H,29,31). The van der Waals surface area contributed by atoms with Gasteiger partial charge in [0.25, 0.3) is 17.7 Å². The topological polar surface area (TPSA) is 117 Å². The lowest BCUT2D eigenvalue weighted by Gasteiger charge is -2.25. The summed E-state index contributed by atoms with van der Waals surface area (Å²) in [6.45, 7) is 1.26. The summed E-state index contributed by atoms with van der Waals surface area (Å²) in [6.07, 6.45) is 0.300. The van der Waals surface area contributed by atoms with Crippen LogP contribution in [0.3, 0.4) is 0 Å². The van der Waals surface area contributed by atoms with Crippen molar-refractivity contribution in [1.82, 2.24) is 15.8 Å². The van der Waals surface area contributed by atoms with E-state index in [-0.39, 0.29) is 11.3 Å². The molecule has 1 unspecified atom stereocenters. The maximum Gasteiger partial charge on any atom is 0.344 e. The SMILES string of the molecule is CCC1(c2ccccc2)NC(=O)N(NC(=O)COc2ccccc2C(=O)Nc2ccccc2)C1=O. The molecule has 0 aliphatic carbocycles. The van der Waals surface area contributed by atoms with E-state index >= 15 is 0 Å². The molecule has 0 spiro atoms. The largest absolute Gasteiger partial charge is 0.483 e. The zero-order valence-electron chi connectivity index (χ0n) is 19.0. The van der Waals surface area contributed by atoms with Crippen LogP contribution in [0.4, 0.5) is 10.5 Å². The highest BCUT2D eigenvalue weighted by Gasteiger charge is 2.52. The van der Waals surface area contributed by atoms with Crippen molar-refractivity contribution in [2.75, 3.05) is 11.9 Å². The van der Waals surface area contributed by atoms with E-state index in [1.165, 1.54) is 0 Å². The highest BCUT2D eigenvalue weighted by atomic mass is 16.5. The Balaban J connectivity index is 1.42. The monoisotopic (exact) mass is 472 g/mol. The van der Waals surface area contributed by atoms with Crippen LogP contribution in [0.15, 0.2) is 84.9 Å². The van der Waals surface area contributed by atoms with Crippen molar-refractivity contribution in [3.05, 3.63) is 96.1 Å². The first-order valence-electron chi connectivity index (χ1n) is 11.0. The summed E-state index contributed by atoms with van der Waals surface area (Å²) in [7, 11) is 0. The number of carbonyl (C=O) groups is 4. The normalized spacial score (nSPS) is 17.0. The van der Waals surface area contributed by atoms with Crippen molar-refractivity contribution in [2.45, 2.75) is 18.9 Å². The van der Waals surface area contributed by atoms with Crippen LogP contribution in [0.5, 0.6) is 5.75 Å². The molecule has 1 aliphatic rings. The first-order valence-corrected chi connectivity index (χ1v) is 11.0. The minimum absolute atomic E-state index is 0.181. The van der Waals surface area contributed by atoms with E-state index in [1.54, 1.807) is 79.7 Å². The third-order valence-corrected chi connectivity index (χ3v) is 5.65. The second-order valence-corrected chi connectivity index (χ2v) is 7.84. The fourth-order valence-corrected chi connectivity index (χ4v) is 3.84. The maximum absolute atomic E-state index is 13.1. The van der Waals surface area contributed by atoms with E-state index in [2.05, 4.69) is 16.1 Å². The van der Waals surface area contributed by atoms with E-state index < -0.39 is 35.9 Å². The summed E-state index contributed by atoms with van der Waals surface area (Å²) >= 11 is 0. The second kappa shape index (κ2) is 10.1. The molecule has 3 N–H and O–H groups in total. The van der Waals surface area contributed by atoms with Gasteiger partial charge in [-0.25, -0.2) is 4.79 Å². The summed E-state index contributed by atoms with van der Waals surface area (Å²) in [5, 5.41) is 6.11. The zero-order valence-corrected chi connectivity index (χ0v) is 19.0. The fraction of sp³-hybridized carbons (Fsp3) is 0.154. The number of anilines is 1. The van der Waals surface area contributed by atoms with Gasteiger partial charge in [0.05, 0.1) is 5.56 Å². The number of hydrazine groups is 1. The molecule has 9 nitrogen and oxygen atoms in total. The average molecular weight is 473 g/mol. The zero-order chi connectivity index (χ0) is 24.8. The number of para-hydroxylation sites is 2. The summed E-state index contributed by atoms with van der Waals surface area (Å²) in [5.41, 5.74) is 2.49. The van der Waals surface area contributed by atoms with Gasteiger partial charge in [-0.3, -0.25) is 19.8 Å². The Morgan fingerprint density at radius 1 is 0.914 bits per heavy atom. The molecular formula is C26H24N4O5. The molecule has 0 bridgehead atoms. The van der Waals surface area contributed by atoms with Crippen LogP contribution in [-0.2, 0) is 15.1 Å². The summed E-state index contributed by atoms with van der Waals surface area (Å²) < 4.78 is 5.56. The van der Waals surface area contributed by atoms with Gasteiger partial charge in [0.2, 0.25) is 0 Å². The van der Waals surface area contributed by atoms with Crippen LogP contribution in [0.2, 0.25) is 0 Å². The molecule has 3 aromatic rings. The predicted octanol–water partition coefficient (Wildman–Crippen LogP) is 3.21. The van der Waals surface area contributed by atoms with Crippen molar-refractivity contribution in [1.29, 1.82) is 0 Å². The van der Waals surface area contributed by atoms with Crippen molar-refractivity contribution in [2.24, 2.45) is 0 Å². The first kappa shape index (κ1) is 23.5. The Hall–Kier alpha value is -4.66. The molecule has 4 rings (SSSR count). The van der Waals surface area contributed by atoms with Gasteiger partial charge in [0.15, 0.2) is 6.61 Å². The minimum atomic E-state index is -1.27. The minimum Gasteiger partial charge on any atom is -0.483 e. The number of carbonyl (C=O) groups excluding carboxylic acids is 4. The molecule has 3 aromatic carbocycles. The van der Waals surface area contributed by atoms with Gasteiger partial charge in [-0.1, -0.05) is 67.6 Å². The number of imide groups is 1. The lowest BCUT2D eigenvalue weighted by Crippen LogP contribution is -2.49. The lowest BCUT2D eigenvalue weighted by atomic mass is 9.87. The molecule has 0 aromatic heterocycles. The third kappa shape index (κ3) is 4.84. The van der Waals surface area contributed by atoms with Crippen molar-refractivity contribution in [3.63, 3.8) is 0 Å². The average Bonchev–Trinajstić information content (AvgIpc) is 3.14.